The molecule has 0 unspecified atom stereocenters. The summed E-state index contributed by atoms with van der Waals surface area (Å²) in [4.78, 5) is 8.70. The Labute approximate surface area is 234 Å². The Morgan fingerprint density at radius 2 is 1.70 bits per heavy atom. The molecular weight excluding hydrogens is 649 g/mol. The number of benzene rings is 3. The van der Waals surface area contributed by atoms with E-state index in [1.807, 2.05) is 55.6 Å². The summed E-state index contributed by atoms with van der Waals surface area (Å²) < 4.78 is 13.9. The van der Waals surface area contributed by atoms with E-state index in [1.54, 1.807) is 18.3 Å². The van der Waals surface area contributed by atoms with Gasteiger partial charge < -0.3 is 14.4 Å². The van der Waals surface area contributed by atoms with Crippen molar-refractivity contribution in [1.29, 1.82) is 0 Å². The van der Waals surface area contributed by atoms with Gasteiger partial charge in [0.25, 0.3) is 0 Å². The maximum absolute atomic E-state index is 7.82. The Balaban J connectivity index is 0.000000204. The van der Waals surface area contributed by atoms with Crippen LogP contribution in [0.25, 0.3) is 44.5 Å². The third kappa shape index (κ3) is 5.96. The molecule has 3 aromatic carbocycles. The van der Waals surface area contributed by atoms with E-state index in [0.29, 0.717) is 6.04 Å². The van der Waals surface area contributed by atoms with Crippen molar-refractivity contribution in [2.24, 2.45) is 0 Å². The molecule has 3 heterocycles. The summed E-state index contributed by atoms with van der Waals surface area (Å²) in [7, 11) is -1.38. The number of fused-ring (bicyclic) bond motifs is 3. The van der Waals surface area contributed by atoms with E-state index < -0.39 is 8.07 Å². The van der Waals surface area contributed by atoms with Crippen molar-refractivity contribution >= 4 is 35.2 Å². The molecule has 0 aliphatic rings. The van der Waals surface area contributed by atoms with Gasteiger partial charge in [-0.3, -0.25) is 0 Å². The second-order valence-corrected chi connectivity index (χ2v) is 14.9. The van der Waals surface area contributed by atoms with Gasteiger partial charge in [-0.1, -0.05) is 72.2 Å². The fraction of sp³-hybridized carbons (Fsp3) is 0.125. The topological polar surface area (TPSA) is 38.9 Å². The molecule has 3 aromatic heterocycles. The zero-order chi connectivity index (χ0) is 26.0. The van der Waals surface area contributed by atoms with Gasteiger partial charge in [0, 0.05) is 37.9 Å². The van der Waals surface area contributed by atoms with Gasteiger partial charge in [-0.25, -0.2) is 0 Å². The summed E-state index contributed by atoms with van der Waals surface area (Å²) in [5.41, 5.74) is 6.41. The number of furan rings is 1. The van der Waals surface area contributed by atoms with Gasteiger partial charge in [-0.05, 0) is 36.0 Å². The molecule has 6 rings (SSSR count). The predicted octanol–water partition coefficient (Wildman–Crippen LogP) is 7.85. The smallest absolute Gasteiger partial charge is 0.120 e. The number of aryl methyl sites for hydroxylation is 1. The van der Waals surface area contributed by atoms with Gasteiger partial charge in [0.2, 0.25) is 0 Å². The van der Waals surface area contributed by atoms with Crippen LogP contribution in [0.3, 0.4) is 0 Å². The van der Waals surface area contributed by atoms with Crippen molar-refractivity contribution in [2.75, 3.05) is 0 Å². The van der Waals surface area contributed by atoms with Crippen LogP contribution in [0, 0.1) is 19.1 Å². The number of rotatable bonds is 3. The van der Waals surface area contributed by atoms with Crippen LogP contribution in [-0.4, -0.2) is 18.0 Å². The van der Waals surface area contributed by atoms with Gasteiger partial charge in [0.05, 0.1) is 15.0 Å². The first kappa shape index (κ1) is 25.3. The molecule has 0 saturated carbocycles. The number of hydrogen-bond acceptors (Lipinski definition) is 3. The molecule has 0 aliphatic heterocycles. The fourth-order valence-electron chi connectivity index (χ4n) is 4.04. The zero-order valence-electron chi connectivity index (χ0n) is 22.3. The maximum Gasteiger partial charge on any atom is 0.120 e. The monoisotopic (exact) mass is 678 g/mol. The van der Waals surface area contributed by atoms with Crippen LogP contribution >= 0.6 is 0 Å². The molecule has 0 bridgehead atoms. The van der Waals surface area contributed by atoms with E-state index >= 15 is 0 Å². The maximum atomic E-state index is 7.82. The van der Waals surface area contributed by atoms with Crippen molar-refractivity contribution in [3.05, 3.63) is 115 Å². The van der Waals surface area contributed by atoms with E-state index in [4.69, 9.17) is 5.79 Å². The Morgan fingerprint density at radius 3 is 2.41 bits per heavy atom. The van der Waals surface area contributed by atoms with Crippen LogP contribution in [-0.2, 0) is 20.1 Å². The first-order valence-corrected chi connectivity index (χ1v) is 15.5. The minimum absolute atomic E-state index is 0. The Kier molecular flexibility index (Phi) is 7.75. The fourth-order valence-corrected chi connectivity index (χ4v) is 5.20. The Morgan fingerprint density at radius 1 is 0.838 bits per heavy atom. The third-order valence-electron chi connectivity index (χ3n) is 6.05. The van der Waals surface area contributed by atoms with Gasteiger partial charge in [-0.2, -0.15) is 0 Å². The molecule has 5 heteroatoms. The van der Waals surface area contributed by atoms with Gasteiger partial charge in [-0.15, -0.1) is 54.1 Å². The quantitative estimate of drug-likeness (QED) is 0.142. The van der Waals surface area contributed by atoms with Crippen LogP contribution in [0.1, 0.15) is 6.93 Å². The molecule has 0 amide bonds. The molecule has 37 heavy (non-hydrogen) atoms. The summed E-state index contributed by atoms with van der Waals surface area (Å²) >= 11 is 0. The van der Waals surface area contributed by atoms with Gasteiger partial charge in [0.1, 0.15) is 5.58 Å². The normalized spacial score (nSPS) is 11.4. The molecule has 0 spiro atoms. The summed E-state index contributed by atoms with van der Waals surface area (Å²) in [6.45, 7) is 9.07. The number of hydrogen-bond donors (Lipinski definition) is 0. The average molecular weight is 678 g/mol. The van der Waals surface area contributed by atoms with Crippen molar-refractivity contribution < 1.29 is 25.9 Å². The van der Waals surface area contributed by atoms with Crippen LogP contribution in [0.5, 0.6) is 0 Å². The van der Waals surface area contributed by atoms with Crippen molar-refractivity contribution in [3.63, 3.8) is 0 Å². The molecule has 0 saturated heterocycles. The van der Waals surface area contributed by atoms with Crippen LogP contribution < -0.4 is 5.19 Å². The first-order valence-electron chi connectivity index (χ1n) is 12.5. The second-order valence-electron chi connectivity index (χ2n) is 9.80. The molecule has 3 nitrogen and oxygen atoms in total. The minimum atomic E-state index is -1.38. The van der Waals surface area contributed by atoms with Crippen molar-refractivity contribution in [1.82, 2.24) is 9.97 Å². The van der Waals surface area contributed by atoms with E-state index in [-0.39, 0.29) is 20.1 Å². The molecule has 0 aliphatic carbocycles. The van der Waals surface area contributed by atoms with Crippen LogP contribution in [0.4, 0.5) is 0 Å². The Bertz CT molecular complexity index is 1680. The van der Waals surface area contributed by atoms with Gasteiger partial charge in [0.15, 0.2) is 0 Å². The Hall–Kier alpha value is -3.37. The van der Waals surface area contributed by atoms with Crippen LogP contribution in [0.2, 0.25) is 19.6 Å². The standard InChI is InChI=1S/C20H18NOSi.C12H10N.Ir/c1-23(2,3)14-10-11-19-17(13-14)15-7-6-8-16(20(15)22-19)18-9-4-5-12-21-18;1-10-7-8-12(13-9-10)11-5-3-2-4-6-11;/h4-7,9-13H,1-3H3;2-5,7-9H,1H3;/q2*-1;/i4D;;. The van der Waals surface area contributed by atoms with E-state index in [1.165, 1.54) is 10.8 Å². The summed E-state index contributed by atoms with van der Waals surface area (Å²) in [6.07, 6.45) is 3.52. The first-order chi connectivity index (χ1) is 17.8. The van der Waals surface area contributed by atoms with E-state index in [9.17, 15) is 0 Å². The minimum Gasteiger partial charge on any atom is -0.501 e. The molecular formula is C32H28IrN2OSi-2. The largest absolute Gasteiger partial charge is 0.501 e. The number of pyridine rings is 2. The van der Waals surface area contributed by atoms with E-state index in [2.05, 4.69) is 66.0 Å². The van der Waals surface area contributed by atoms with Crippen LogP contribution in [0.15, 0.2) is 102 Å². The summed E-state index contributed by atoms with van der Waals surface area (Å²) in [5.74, 6) is 0. The second kappa shape index (κ2) is 11.3. The SMILES string of the molecule is Cc1ccc(-c2[c-]cccc2)nc1.[2H]c1ccnc(-c2[c-]ccc3c2oc2ccc([Si](C)(C)C)cc23)c1.[Ir]. The van der Waals surface area contributed by atoms with Crippen molar-refractivity contribution in [3.8, 4) is 22.5 Å². The molecule has 6 aromatic rings. The molecule has 187 valence electrons. The number of nitrogens with zero attached hydrogens (tertiary/aromatic N) is 2. The third-order valence-corrected chi connectivity index (χ3v) is 8.10. The van der Waals surface area contributed by atoms with Crippen molar-refractivity contribution in [2.45, 2.75) is 26.6 Å². The average Bonchev–Trinajstić information content (AvgIpc) is 3.28. The molecule has 0 atom stereocenters. The predicted molar refractivity (Wildman–Crippen MR) is 152 cm³/mol. The molecule has 0 N–H and O–H groups in total. The molecule has 1 radical (unpaired) electrons. The van der Waals surface area contributed by atoms with Gasteiger partial charge >= 0.3 is 0 Å². The number of aromatic nitrogens is 2. The summed E-state index contributed by atoms with van der Waals surface area (Å²) in [6, 6.07) is 32.6. The summed E-state index contributed by atoms with van der Waals surface area (Å²) in [5, 5.41) is 3.64. The van der Waals surface area contributed by atoms with E-state index in [0.717, 1.165) is 44.5 Å². The zero-order valence-corrected chi connectivity index (χ0v) is 24.7. The molecule has 0 fully saturated rings.